The van der Waals surface area contributed by atoms with E-state index in [1.165, 1.54) is 0 Å². The van der Waals surface area contributed by atoms with Crippen molar-refractivity contribution in [2.45, 2.75) is 6.92 Å². The third-order valence-electron chi connectivity index (χ3n) is 2.77. The lowest BCUT2D eigenvalue weighted by Crippen LogP contribution is -2.47. The molecule has 0 saturated heterocycles. The third kappa shape index (κ3) is 5.73. The summed E-state index contributed by atoms with van der Waals surface area (Å²) in [7, 11) is 0. The van der Waals surface area contributed by atoms with Crippen molar-refractivity contribution in [2.24, 2.45) is 5.10 Å². The van der Waals surface area contributed by atoms with Gasteiger partial charge in [-0.1, -0.05) is 29.8 Å². The summed E-state index contributed by atoms with van der Waals surface area (Å²) < 4.78 is 0. The molecule has 2 aromatic rings. The van der Waals surface area contributed by atoms with Crippen LogP contribution in [-0.4, -0.2) is 20.9 Å². The SMILES string of the molecule is C/C(=N\NC(=S)NNC(=S)Nc1ccccc1Cl)c1ccccn1. The molecular weight excluding hydrogens is 364 g/mol. The maximum Gasteiger partial charge on any atom is 0.205 e. The molecular formula is C15H15ClN6S2. The lowest BCUT2D eigenvalue weighted by atomic mass is 10.3. The van der Waals surface area contributed by atoms with E-state index in [4.69, 9.17) is 36.0 Å². The number of rotatable bonds is 3. The van der Waals surface area contributed by atoms with E-state index in [9.17, 15) is 0 Å². The standard InChI is InChI=1S/C15H15ClN6S2/c1-10(12-7-4-5-9-17-12)19-21-15(24)22-20-14(23)18-13-8-3-2-6-11(13)16/h2-9H,1H3,(H2,18,20,23)(H2,21,22,24)/b19-10+. The number of hydrogen-bond donors (Lipinski definition) is 4. The predicted molar refractivity (Wildman–Crippen MR) is 106 cm³/mol. The topological polar surface area (TPSA) is 73.4 Å². The minimum absolute atomic E-state index is 0.258. The highest BCUT2D eigenvalue weighted by Crippen LogP contribution is 2.19. The highest BCUT2D eigenvalue weighted by Gasteiger charge is 2.02. The summed E-state index contributed by atoms with van der Waals surface area (Å²) in [5.41, 5.74) is 10.3. The van der Waals surface area contributed by atoms with Crippen LogP contribution in [-0.2, 0) is 0 Å². The van der Waals surface area contributed by atoms with E-state index in [1.54, 1.807) is 12.3 Å². The van der Waals surface area contributed by atoms with Gasteiger partial charge in [0.1, 0.15) is 0 Å². The fourth-order valence-corrected chi connectivity index (χ4v) is 2.07. The van der Waals surface area contributed by atoms with Crippen LogP contribution in [0.3, 0.4) is 0 Å². The van der Waals surface area contributed by atoms with Gasteiger partial charge in [-0.3, -0.25) is 21.3 Å². The van der Waals surface area contributed by atoms with E-state index in [0.29, 0.717) is 21.5 Å². The number of benzene rings is 1. The Morgan fingerprint density at radius 2 is 1.75 bits per heavy atom. The zero-order valence-electron chi connectivity index (χ0n) is 12.7. The van der Waals surface area contributed by atoms with Crippen LogP contribution in [0.5, 0.6) is 0 Å². The monoisotopic (exact) mass is 378 g/mol. The number of nitrogens with one attached hydrogen (secondary N) is 4. The second-order valence-corrected chi connectivity index (χ2v) is 5.76. The first-order valence-electron chi connectivity index (χ1n) is 6.89. The van der Waals surface area contributed by atoms with Gasteiger partial charge in [-0.25, -0.2) is 0 Å². The van der Waals surface area contributed by atoms with Crippen LogP contribution in [0.2, 0.25) is 5.02 Å². The second kappa shape index (κ2) is 9.11. The molecule has 2 rings (SSSR count). The van der Waals surface area contributed by atoms with Crippen molar-refractivity contribution >= 4 is 57.7 Å². The van der Waals surface area contributed by atoms with Crippen molar-refractivity contribution in [1.82, 2.24) is 21.3 Å². The number of hydrazone groups is 1. The largest absolute Gasteiger partial charge is 0.330 e. The molecule has 0 radical (unpaired) electrons. The molecule has 1 heterocycles. The van der Waals surface area contributed by atoms with Crippen molar-refractivity contribution in [2.75, 3.05) is 5.32 Å². The van der Waals surface area contributed by atoms with E-state index in [0.717, 1.165) is 5.69 Å². The molecule has 9 heteroatoms. The Morgan fingerprint density at radius 3 is 2.46 bits per heavy atom. The molecule has 0 aliphatic heterocycles. The minimum atomic E-state index is 0.258. The van der Waals surface area contributed by atoms with Crippen molar-refractivity contribution < 1.29 is 0 Å². The Kier molecular flexibility index (Phi) is 6.86. The van der Waals surface area contributed by atoms with E-state index < -0.39 is 0 Å². The number of hydrazine groups is 1. The van der Waals surface area contributed by atoms with E-state index in [1.807, 2.05) is 43.3 Å². The van der Waals surface area contributed by atoms with Gasteiger partial charge in [0.05, 0.1) is 22.1 Å². The zero-order valence-corrected chi connectivity index (χ0v) is 15.1. The third-order valence-corrected chi connectivity index (χ3v) is 3.50. The summed E-state index contributed by atoms with van der Waals surface area (Å²) in [5, 5.41) is 8.24. The lowest BCUT2D eigenvalue weighted by molar-refractivity contribution is 0.834. The number of aromatic nitrogens is 1. The number of nitrogens with zero attached hydrogens (tertiary/aromatic N) is 2. The molecule has 6 nitrogen and oxygen atoms in total. The average Bonchev–Trinajstić information content (AvgIpc) is 2.60. The fourth-order valence-electron chi connectivity index (χ4n) is 1.63. The molecule has 0 fully saturated rings. The summed E-state index contributed by atoms with van der Waals surface area (Å²) in [6.07, 6.45) is 1.70. The van der Waals surface area contributed by atoms with Crippen molar-refractivity contribution in [3.8, 4) is 0 Å². The number of hydrogen-bond acceptors (Lipinski definition) is 4. The predicted octanol–water partition coefficient (Wildman–Crippen LogP) is 2.82. The van der Waals surface area contributed by atoms with Crippen LogP contribution < -0.4 is 21.6 Å². The number of anilines is 1. The maximum absolute atomic E-state index is 6.04. The van der Waals surface area contributed by atoms with Crippen molar-refractivity contribution in [3.05, 3.63) is 59.4 Å². The Morgan fingerprint density at radius 1 is 1.04 bits per heavy atom. The summed E-state index contributed by atoms with van der Waals surface area (Å²) >= 11 is 16.3. The van der Waals surface area contributed by atoms with Gasteiger partial charge < -0.3 is 5.32 Å². The first kappa shape index (κ1) is 18.1. The van der Waals surface area contributed by atoms with Gasteiger partial charge in [-0.2, -0.15) is 5.10 Å². The quantitative estimate of drug-likeness (QED) is 0.372. The minimum Gasteiger partial charge on any atom is -0.330 e. The Hall–Kier alpha value is -2.29. The molecule has 0 bridgehead atoms. The lowest BCUT2D eigenvalue weighted by Gasteiger charge is -2.13. The van der Waals surface area contributed by atoms with E-state index >= 15 is 0 Å². The van der Waals surface area contributed by atoms with Crippen LogP contribution in [0.15, 0.2) is 53.8 Å². The van der Waals surface area contributed by atoms with Crippen LogP contribution in [0.1, 0.15) is 12.6 Å². The number of para-hydroxylation sites is 1. The first-order valence-corrected chi connectivity index (χ1v) is 8.09. The van der Waals surface area contributed by atoms with Crippen molar-refractivity contribution in [3.63, 3.8) is 0 Å². The normalized spacial score (nSPS) is 10.7. The Bertz CT molecular complexity index is 751. The fraction of sp³-hybridized carbons (Fsp3) is 0.0667. The molecule has 0 amide bonds. The molecule has 0 unspecified atom stereocenters. The van der Waals surface area contributed by atoms with Crippen LogP contribution in [0.4, 0.5) is 5.69 Å². The highest BCUT2D eigenvalue weighted by atomic mass is 35.5. The number of thiocarbonyl (C=S) groups is 2. The van der Waals surface area contributed by atoms with Gasteiger partial charge in [0.25, 0.3) is 0 Å². The van der Waals surface area contributed by atoms with Gasteiger partial charge in [0.15, 0.2) is 5.11 Å². The summed E-state index contributed by atoms with van der Waals surface area (Å²) in [4.78, 5) is 4.19. The summed E-state index contributed by atoms with van der Waals surface area (Å²) in [6.45, 7) is 1.83. The van der Waals surface area contributed by atoms with E-state index in [2.05, 4.69) is 31.7 Å². The first-order chi connectivity index (χ1) is 11.6. The maximum atomic E-state index is 6.04. The Balaban J connectivity index is 1.79. The zero-order chi connectivity index (χ0) is 17.4. The molecule has 4 N–H and O–H groups in total. The molecule has 24 heavy (non-hydrogen) atoms. The molecule has 0 aliphatic carbocycles. The number of halogens is 1. The highest BCUT2D eigenvalue weighted by molar-refractivity contribution is 7.80. The molecule has 0 atom stereocenters. The van der Waals surface area contributed by atoms with Gasteiger partial charge in [-0.05, 0) is 55.6 Å². The molecule has 1 aromatic carbocycles. The molecule has 0 saturated carbocycles. The molecule has 124 valence electrons. The summed E-state index contributed by atoms with van der Waals surface area (Å²) in [6, 6.07) is 12.9. The number of pyridine rings is 1. The average molecular weight is 379 g/mol. The summed E-state index contributed by atoms with van der Waals surface area (Å²) in [5.74, 6) is 0. The molecule has 0 spiro atoms. The van der Waals surface area contributed by atoms with Gasteiger partial charge >= 0.3 is 0 Å². The van der Waals surface area contributed by atoms with Gasteiger partial charge in [0.2, 0.25) is 5.11 Å². The molecule has 0 aliphatic rings. The van der Waals surface area contributed by atoms with Gasteiger partial charge in [0, 0.05) is 6.20 Å². The van der Waals surface area contributed by atoms with E-state index in [-0.39, 0.29) is 5.11 Å². The van der Waals surface area contributed by atoms with Crippen molar-refractivity contribution in [1.29, 1.82) is 0 Å². The van der Waals surface area contributed by atoms with Gasteiger partial charge in [-0.15, -0.1) is 0 Å². The second-order valence-electron chi connectivity index (χ2n) is 4.54. The van der Waals surface area contributed by atoms with Crippen LogP contribution >= 0.6 is 36.0 Å². The Labute approximate surface area is 155 Å². The van der Waals surface area contributed by atoms with Crippen LogP contribution in [0.25, 0.3) is 0 Å². The van der Waals surface area contributed by atoms with Crippen LogP contribution in [0, 0.1) is 0 Å². The molecule has 1 aromatic heterocycles. The smallest absolute Gasteiger partial charge is 0.205 e.